The van der Waals surface area contributed by atoms with Crippen molar-refractivity contribution in [2.45, 2.75) is 163 Å². The standard InChI is InChI=1S/C57H84N4O11/c1-52(2)23-25-57(26-24-55(6)38(39(57)35-52)15-17-43-54(5)21-20-44(62)53(3,4)42(54)19-22-56(43,55)7)51(68)58-27-10-8-9-11-28-69-29-30-70-31-32-71-33-34-72-36-46(64)59-40-14-12-13-37-47(40)50(67)61(49(37)66)41-16-18-45(63)60-48(41)65/h12-15,39,41-44,62H,8-11,16-36H2,1-7H3,(H,58,68)(H,59,64)(H,60,63,65)/t39-,41?,42-,43+,44-,54-,55+,56+,57-/m0/s1. The van der Waals surface area contributed by atoms with Gasteiger partial charge in [0.25, 0.3) is 11.8 Å². The minimum Gasteiger partial charge on any atom is -0.393 e. The fourth-order valence-electron chi connectivity index (χ4n) is 15.3. The Balaban J connectivity index is 0.670. The number of hydrogen-bond acceptors (Lipinski definition) is 11. The number of carbonyl (C=O) groups excluding carboxylic acids is 6. The molecule has 5 fully saturated rings. The number of amides is 6. The van der Waals surface area contributed by atoms with E-state index >= 15 is 0 Å². The smallest absolute Gasteiger partial charge is 0.264 e. The molecule has 0 aromatic heterocycles. The Morgan fingerprint density at radius 2 is 1.43 bits per heavy atom. The molecule has 0 spiro atoms. The summed E-state index contributed by atoms with van der Waals surface area (Å²) in [5, 5.41) is 19.4. The summed E-state index contributed by atoms with van der Waals surface area (Å²) in [6.07, 6.45) is 17.2. The summed E-state index contributed by atoms with van der Waals surface area (Å²) < 4.78 is 22.4. The molecular formula is C57H84N4O11. The van der Waals surface area contributed by atoms with Crippen molar-refractivity contribution in [3.8, 4) is 0 Å². The van der Waals surface area contributed by atoms with E-state index in [-0.39, 0.29) is 99.9 Å². The number of hydrogen-bond donors (Lipinski definition) is 4. The lowest BCUT2D eigenvalue weighted by molar-refractivity contribution is -0.203. The van der Waals surface area contributed by atoms with E-state index in [1.54, 1.807) is 5.57 Å². The molecule has 4 N–H and O–H groups in total. The van der Waals surface area contributed by atoms with E-state index in [1.807, 2.05) is 0 Å². The highest BCUT2D eigenvalue weighted by Crippen LogP contribution is 2.75. The van der Waals surface area contributed by atoms with Crippen molar-refractivity contribution in [2.24, 2.45) is 50.2 Å². The fourth-order valence-corrected chi connectivity index (χ4v) is 15.3. The van der Waals surface area contributed by atoms with Gasteiger partial charge in [-0.1, -0.05) is 79.0 Å². The Morgan fingerprint density at radius 3 is 2.15 bits per heavy atom. The molecule has 15 nitrogen and oxygen atoms in total. The molecule has 7 aliphatic rings. The van der Waals surface area contributed by atoms with Gasteiger partial charge in [-0.3, -0.25) is 39.0 Å². The monoisotopic (exact) mass is 1000 g/mol. The third-order valence-electron chi connectivity index (χ3n) is 19.7. The number of unbranched alkanes of at least 4 members (excludes halogenated alkanes) is 3. The average molecular weight is 1000 g/mol. The number of piperidine rings is 1. The minimum absolute atomic E-state index is 0.00428. The van der Waals surface area contributed by atoms with Gasteiger partial charge in [-0.25, -0.2) is 0 Å². The summed E-state index contributed by atoms with van der Waals surface area (Å²) in [6, 6.07) is 3.39. The largest absolute Gasteiger partial charge is 0.393 e. The van der Waals surface area contributed by atoms with Crippen LogP contribution in [0, 0.1) is 50.2 Å². The highest BCUT2D eigenvalue weighted by atomic mass is 16.6. The van der Waals surface area contributed by atoms with Gasteiger partial charge in [0, 0.05) is 19.6 Å². The first kappa shape index (κ1) is 54.2. The molecule has 0 bridgehead atoms. The van der Waals surface area contributed by atoms with Crippen molar-refractivity contribution in [3.05, 3.63) is 41.0 Å². The molecule has 4 saturated carbocycles. The second-order valence-corrected chi connectivity index (χ2v) is 24.5. The van der Waals surface area contributed by atoms with Crippen molar-refractivity contribution in [2.75, 3.05) is 64.7 Å². The number of imide groups is 2. The predicted octanol–water partition coefficient (Wildman–Crippen LogP) is 7.93. The number of fused-ring (bicyclic) bond motifs is 8. The van der Waals surface area contributed by atoms with Crippen molar-refractivity contribution in [3.63, 3.8) is 0 Å². The number of ether oxygens (including phenoxy) is 4. The van der Waals surface area contributed by atoms with E-state index in [0.717, 1.165) is 81.9 Å². The summed E-state index contributed by atoms with van der Waals surface area (Å²) in [6.45, 7) is 20.4. The molecule has 1 aromatic rings. The fraction of sp³-hybridized carbons (Fsp3) is 0.754. The van der Waals surface area contributed by atoms with E-state index in [4.69, 9.17) is 18.9 Å². The van der Waals surface area contributed by atoms with Crippen LogP contribution in [0.1, 0.15) is 172 Å². The molecule has 6 amide bonds. The van der Waals surface area contributed by atoms with Gasteiger partial charge >= 0.3 is 0 Å². The summed E-state index contributed by atoms with van der Waals surface area (Å²) in [4.78, 5) is 78.3. The highest BCUT2D eigenvalue weighted by Gasteiger charge is 2.69. The number of allylic oxidation sites excluding steroid dienone is 2. The van der Waals surface area contributed by atoms with Crippen LogP contribution in [0.5, 0.6) is 0 Å². The average Bonchev–Trinajstić information content (AvgIpc) is 3.58. The lowest BCUT2D eigenvalue weighted by Crippen LogP contribution is -2.65. The molecule has 0 radical (unpaired) electrons. The van der Waals surface area contributed by atoms with Crippen LogP contribution >= 0.6 is 0 Å². The van der Waals surface area contributed by atoms with E-state index < -0.39 is 35.6 Å². The molecule has 398 valence electrons. The molecule has 2 aliphatic heterocycles. The molecule has 1 unspecified atom stereocenters. The summed E-state index contributed by atoms with van der Waals surface area (Å²) in [5.41, 5.74) is 2.11. The zero-order valence-corrected chi connectivity index (χ0v) is 44.4. The summed E-state index contributed by atoms with van der Waals surface area (Å²) in [7, 11) is 0. The Morgan fingerprint density at radius 1 is 0.750 bits per heavy atom. The van der Waals surface area contributed by atoms with Crippen LogP contribution < -0.4 is 16.0 Å². The third kappa shape index (κ3) is 10.2. The van der Waals surface area contributed by atoms with Gasteiger partial charge in [-0.15, -0.1) is 0 Å². The van der Waals surface area contributed by atoms with Gasteiger partial charge in [0.15, 0.2) is 0 Å². The number of nitrogens with one attached hydrogen (secondary N) is 3. The number of nitrogens with zero attached hydrogens (tertiary/aromatic N) is 1. The summed E-state index contributed by atoms with van der Waals surface area (Å²) >= 11 is 0. The normalized spacial score (nSPS) is 33.4. The van der Waals surface area contributed by atoms with Crippen molar-refractivity contribution in [1.82, 2.24) is 15.5 Å². The molecule has 1 saturated heterocycles. The number of aliphatic hydroxyl groups is 1. The van der Waals surface area contributed by atoms with Crippen LogP contribution in [0.4, 0.5) is 5.69 Å². The van der Waals surface area contributed by atoms with E-state index in [1.165, 1.54) is 31.0 Å². The number of aliphatic hydroxyl groups excluding tert-OH is 1. The highest BCUT2D eigenvalue weighted by molar-refractivity contribution is 6.26. The topological polar surface area (TPSA) is 199 Å². The van der Waals surface area contributed by atoms with Crippen LogP contribution in [0.2, 0.25) is 0 Å². The number of benzene rings is 1. The molecule has 72 heavy (non-hydrogen) atoms. The zero-order chi connectivity index (χ0) is 51.7. The molecule has 2 heterocycles. The second kappa shape index (κ2) is 21.7. The Kier molecular flexibility index (Phi) is 16.3. The third-order valence-corrected chi connectivity index (χ3v) is 19.7. The van der Waals surface area contributed by atoms with Crippen molar-refractivity contribution < 1.29 is 52.8 Å². The number of carbonyl (C=O) groups is 6. The van der Waals surface area contributed by atoms with E-state index in [0.29, 0.717) is 51.4 Å². The number of anilines is 1. The van der Waals surface area contributed by atoms with Gasteiger partial charge in [-0.2, -0.15) is 0 Å². The molecular weight excluding hydrogens is 917 g/mol. The Hall–Kier alpha value is -4.02. The quantitative estimate of drug-likeness (QED) is 0.0530. The first-order valence-electron chi connectivity index (χ1n) is 27.3. The maximum atomic E-state index is 14.5. The van der Waals surface area contributed by atoms with Gasteiger partial charge < -0.3 is 34.7 Å². The summed E-state index contributed by atoms with van der Waals surface area (Å²) in [5.74, 6) is -1.35. The molecule has 1 aromatic carbocycles. The Bertz CT molecular complexity index is 2260. The van der Waals surface area contributed by atoms with E-state index in [2.05, 4.69) is 70.5 Å². The van der Waals surface area contributed by atoms with Crippen LogP contribution in [-0.2, 0) is 38.1 Å². The SMILES string of the molecule is CC1(C)CC[C@]2(C(=O)NCCCCCCOCCOCCOCCOCC(=O)Nc3cccc4c3C(=O)N(C3CCC(=O)NC3=O)C4=O)CC[C@]3(C)C(=CC[C@@H]4[C@@]5(C)CC[C@H](O)C(C)(C)[C@@H]5CC[C@]43C)[C@@H]2C1. The van der Waals surface area contributed by atoms with Gasteiger partial charge in [0.1, 0.15) is 12.6 Å². The van der Waals surface area contributed by atoms with Crippen LogP contribution in [-0.4, -0.2) is 117 Å². The lowest BCUT2D eigenvalue weighted by atomic mass is 9.33. The van der Waals surface area contributed by atoms with Crippen LogP contribution in [0.15, 0.2) is 29.8 Å². The van der Waals surface area contributed by atoms with Crippen molar-refractivity contribution >= 4 is 41.1 Å². The Labute approximate surface area is 427 Å². The minimum atomic E-state index is -1.10. The second-order valence-electron chi connectivity index (χ2n) is 24.5. The van der Waals surface area contributed by atoms with Gasteiger partial charge in [-0.05, 0) is 140 Å². The molecule has 5 aliphatic carbocycles. The first-order valence-corrected chi connectivity index (χ1v) is 27.3. The van der Waals surface area contributed by atoms with Gasteiger partial charge in [0.2, 0.25) is 23.6 Å². The van der Waals surface area contributed by atoms with E-state index in [9.17, 15) is 33.9 Å². The maximum absolute atomic E-state index is 14.5. The molecule has 8 rings (SSSR count). The predicted molar refractivity (Wildman–Crippen MR) is 272 cm³/mol. The molecule has 9 atom stereocenters. The maximum Gasteiger partial charge on any atom is 0.264 e. The van der Waals surface area contributed by atoms with Crippen LogP contribution in [0.25, 0.3) is 0 Å². The zero-order valence-electron chi connectivity index (χ0n) is 44.4. The first-order chi connectivity index (χ1) is 34.2. The van der Waals surface area contributed by atoms with Gasteiger partial charge in [0.05, 0.1) is 68.0 Å². The molecule has 15 heteroatoms. The van der Waals surface area contributed by atoms with Crippen molar-refractivity contribution in [1.29, 1.82) is 0 Å². The number of rotatable bonds is 21. The van der Waals surface area contributed by atoms with Crippen LogP contribution in [0.3, 0.4) is 0 Å². The lowest BCUT2D eigenvalue weighted by Gasteiger charge is -2.71.